The summed E-state index contributed by atoms with van der Waals surface area (Å²) in [6.07, 6.45) is -5.84. The molecule has 0 heterocycles. The standard InChI is InChI=1S/C15H18F5NO4/c1-14(2,3)25-13(22)21-11(8-23-12(16)17)9-5-4-6-10(7-9)24-15(18,19)20/h4-7,11-12H,8H2,1-3H3,(H,21,22). The number of halogens is 5. The van der Waals surface area contributed by atoms with Crippen LogP contribution >= 0.6 is 0 Å². The molecule has 25 heavy (non-hydrogen) atoms. The Balaban J connectivity index is 2.95. The second kappa shape index (κ2) is 8.32. The number of rotatable bonds is 6. The molecule has 1 atom stereocenters. The molecule has 0 fully saturated rings. The maximum absolute atomic E-state index is 12.3. The van der Waals surface area contributed by atoms with Gasteiger partial charge in [0.05, 0.1) is 12.6 Å². The highest BCUT2D eigenvalue weighted by Crippen LogP contribution is 2.26. The average Bonchev–Trinajstić information content (AvgIpc) is 2.39. The number of ether oxygens (including phenoxy) is 3. The van der Waals surface area contributed by atoms with Crippen molar-refractivity contribution in [2.24, 2.45) is 0 Å². The first kappa shape index (κ1) is 20.9. The third kappa shape index (κ3) is 9.08. The highest BCUT2D eigenvalue weighted by molar-refractivity contribution is 5.68. The van der Waals surface area contributed by atoms with Crippen molar-refractivity contribution in [3.05, 3.63) is 29.8 Å². The molecule has 1 aromatic carbocycles. The number of alkyl halides is 5. The Labute approximate surface area is 141 Å². The summed E-state index contributed by atoms with van der Waals surface area (Å²) in [6, 6.07) is 3.39. The molecule has 0 spiro atoms. The monoisotopic (exact) mass is 371 g/mol. The minimum atomic E-state index is -4.91. The van der Waals surface area contributed by atoms with Gasteiger partial charge in [0.15, 0.2) is 0 Å². The second-order valence-corrected chi connectivity index (χ2v) is 5.91. The maximum atomic E-state index is 12.3. The van der Waals surface area contributed by atoms with Crippen molar-refractivity contribution < 1.29 is 41.0 Å². The summed E-state index contributed by atoms with van der Waals surface area (Å²) in [4.78, 5) is 11.8. The summed E-state index contributed by atoms with van der Waals surface area (Å²) >= 11 is 0. The molecule has 0 bridgehead atoms. The van der Waals surface area contributed by atoms with Gasteiger partial charge in [-0.25, -0.2) is 4.79 Å². The van der Waals surface area contributed by atoms with Gasteiger partial charge in [0.25, 0.3) is 0 Å². The van der Waals surface area contributed by atoms with Crippen molar-refractivity contribution in [1.82, 2.24) is 5.32 Å². The van der Waals surface area contributed by atoms with Crippen molar-refractivity contribution in [3.8, 4) is 5.75 Å². The number of hydrogen-bond acceptors (Lipinski definition) is 4. The summed E-state index contributed by atoms with van der Waals surface area (Å²) < 4.78 is 74.4. The van der Waals surface area contributed by atoms with Crippen molar-refractivity contribution >= 4 is 6.09 Å². The van der Waals surface area contributed by atoms with E-state index in [4.69, 9.17) is 4.74 Å². The summed E-state index contributed by atoms with van der Waals surface area (Å²) in [5, 5.41) is 2.28. The van der Waals surface area contributed by atoms with Crippen molar-refractivity contribution in [1.29, 1.82) is 0 Å². The van der Waals surface area contributed by atoms with Crippen LogP contribution in [0.5, 0.6) is 5.75 Å². The third-order valence-corrected chi connectivity index (χ3v) is 2.57. The molecule has 10 heteroatoms. The first-order valence-corrected chi connectivity index (χ1v) is 7.11. The van der Waals surface area contributed by atoms with E-state index in [1.54, 1.807) is 20.8 Å². The summed E-state index contributed by atoms with van der Waals surface area (Å²) in [6.45, 7) is 0.989. The van der Waals surface area contributed by atoms with Gasteiger partial charge < -0.3 is 19.5 Å². The lowest BCUT2D eigenvalue weighted by Crippen LogP contribution is -2.37. The van der Waals surface area contributed by atoms with Gasteiger partial charge in [-0.05, 0) is 38.5 Å². The van der Waals surface area contributed by atoms with Gasteiger partial charge in [-0.3, -0.25) is 0 Å². The molecule has 1 N–H and O–H groups in total. The van der Waals surface area contributed by atoms with E-state index in [1.165, 1.54) is 12.1 Å². The Bertz CT molecular complexity index is 572. The second-order valence-electron chi connectivity index (χ2n) is 5.91. The fourth-order valence-corrected chi connectivity index (χ4v) is 1.77. The number of hydrogen-bond donors (Lipinski definition) is 1. The molecular formula is C15H18F5NO4. The van der Waals surface area contributed by atoms with E-state index in [9.17, 15) is 26.7 Å². The van der Waals surface area contributed by atoms with Gasteiger partial charge in [0, 0.05) is 0 Å². The van der Waals surface area contributed by atoms with Crippen LogP contribution in [0.1, 0.15) is 32.4 Å². The minimum absolute atomic E-state index is 0.0771. The fourth-order valence-electron chi connectivity index (χ4n) is 1.77. The molecule has 0 aliphatic heterocycles. The average molecular weight is 371 g/mol. The number of carbonyl (C=O) groups excluding carboxylic acids is 1. The molecule has 0 saturated heterocycles. The lowest BCUT2D eigenvalue weighted by molar-refractivity contribution is -0.274. The summed E-state index contributed by atoms with van der Waals surface area (Å²) in [5.41, 5.74) is -0.771. The van der Waals surface area contributed by atoms with Crippen LogP contribution in [-0.2, 0) is 9.47 Å². The molecule has 142 valence electrons. The predicted octanol–water partition coefficient (Wildman–Crippen LogP) is 4.39. The van der Waals surface area contributed by atoms with E-state index in [1.807, 2.05) is 0 Å². The van der Waals surface area contributed by atoms with Crippen LogP contribution in [0.2, 0.25) is 0 Å². The molecular weight excluding hydrogens is 353 g/mol. The Morgan fingerprint density at radius 2 is 1.84 bits per heavy atom. The van der Waals surface area contributed by atoms with Gasteiger partial charge in [-0.1, -0.05) is 12.1 Å². The molecule has 0 aliphatic rings. The van der Waals surface area contributed by atoms with E-state index >= 15 is 0 Å². The molecule has 5 nitrogen and oxygen atoms in total. The largest absolute Gasteiger partial charge is 0.573 e. The lowest BCUT2D eigenvalue weighted by atomic mass is 10.1. The van der Waals surface area contributed by atoms with Crippen LogP contribution in [0.4, 0.5) is 26.7 Å². The van der Waals surface area contributed by atoms with Gasteiger partial charge >= 0.3 is 19.1 Å². The topological polar surface area (TPSA) is 56.8 Å². The SMILES string of the molecule is CC(C)(C)OC(=O)NC(COC(F)F)c1cccc(OC(F)(F)F)c1. The molecule has 1 aromatic rings. The number of carbonyl (C=O) groups is 1. The summed E-state index contributed by atoms with van der Waals surface area (Å²) in [5.74, 6) is -0.557. The van der Waals surface area contributed by atoms with E-state index in [0.29, 0.717) is 0 Å². The van der Waals surface area contributed by atoms with E-state index in [-0.39, 0.29) is 5.56 Å². The zero-order valence-electron chi connectivity index (χ0n) is 13.7. The highest BCUT2D eigenvalue weighted by Gasteiger charge is 2.31. The zero-order chi connectivity index (χ0) is 19.3. The highest BCUT2D eigenvalue weighted by atomic mass is 19.4. The Morgan fingerprint density at radius 3 is 2.36 bits per heavy atom. The molecule has 0 saturated carbocycles. The van der Waals surface area contributed by atoms with Crippen LogP contribution in [0.3, 0.4) is 0 Å². The van der Waals surface area contributed by atoms with Gasteiger partial charge in [0.1, 0.15) is 11.4 Å². The number of alkyl carbamates (subject to hydrolysis) is 1. The van der Waals surface area contributed by atoms with Crippen LogP contribution < -0.4 is 10.1 Å². The maximum Gasteiger partial charge on any atom is 0.573 e. The smallest absolute Gasteiger partial charge is 0.444 e. The molecule has 1 unspecified atom stereocenters. The minimum Gasteiger partial charge on any atom is -0.444 e. The molecule has 0 aliphatic carbocycles. The van der Waals surface area contributed by atoms with Gasteiger partial charge in [-0.15, -0.1) is 13.2 Å². The Hall–Kier alpha value is -2.10. The quantitative estimate of drug-likeness (QED) is 0.754. The van der Waals surface area contributed by atoms with E-state index in [0.717, 1.165) is 12.1 Å². The predicted molar refractivity (Wildman–Crippen MR) is 77.2 cm³/mol. The van der Waals surface area contributed by atoms with Crippen LogP contribution in [0, 0.1) is 0 Å². The van der Waals surface area contributed by atoms with Crippen LogP contribution in [0.15, 0.2) is 24.3 Å². The molecule has 1 amide bonds. The number of benzene rings is 1. The Morgan fingerprint density at radius 1 is 1.20 bits per heavy atom. The molecule has 0 aromatic heterocycles. The number of nitrogens with one attached hydrogen (secondary N) is 1. The van der Waals surface area contributed by atoms with E-state index in [2.05, 4.69) is 14.8 Å². The van der Waals surface area contributed by atoms with Crippen molar-refractivity contribution in [3.63, 3.8) is 0 Å². The third-order valence-electron chi connectivity index (χ3n) is 2.57. The fraction of sp³-hybridized carbons (Fsp3) is 0.533. The number of amides is 1. The first-order valence-electron chi connectivity index (χ1n) is 7.11. The lowest BCUT2D eigenvalue weighted by Gasteiger charge is -2.24. The van der Waals surface area contributed by atoms with E-state index < -0.39 is 43.1 Å². The van der Waals surface area contributed by atoms with Crippen molar-refractivity contribution in [2.45, 2.75) is 45.4 Å². The normalized spacial score (nSPS) is 13.5. The molecule has 1 rings (SSSR count). The van der Waals surface area contributed by atoms with Crippen LogP contribution in [0.25, 0.3) is 0 Å². The summed E-state index contributed by atoms with van der Waals surface area (Å²) in [7, 11) is 0. The van der Waals surface area contributed by atoms with Gasteiger partial charge in [0.2, 0.25) is 0 Å². The Kier molecular flexibility index (Phi) is 6.97. The molecule has 0 radical (unpaired) electrons. The van der Waals surface area contributed by atoms with Crippen molar-refractivity contribution in [2.75, 3.05) is 6.61 Å². The zero-order valence-corrected chi connectivity index (χ0v) is 13.7. The van der Waals surface area contributed by atoms with Crippen LogP contribution in [-0.4, -0.2) is 31.3 Å². The van der Waals surface area contributed by atoms with Gasteiger partial charge in [-0.2, -0.15) is 8.78 Å². The first-order chi connectivity index (χ1) is 11.4.